The highest BCUT2D eigenvalue weighted by molar-refractivity contribution is 5.02. The molecule has 1 atom stereocenters. The second kappa shape index (κ2) is 5.25. The first-order valence-corrected chi connectivity index (χ1v) is 7.07. The van der Waals surface area contributed by atoms with E-state index >= 15 is 0 Å². The number of aliphatic hydroxyl groups excluding tert-OH is 1. The average molecular weight is 242 g/mol. The van der Waals surface area contributed by atoms with Crippen LogP contribution in [-0.2, 0) is 4.74 Å². The molecule has 0 radical (unpaired) electrons. The molecule has 0 spiro atoms. The summed E-state index contributed by atoms with van der Waals surface area (Å²) in [7, 11) is 0. The number of hydrogen-bond donors (Lipinski definition) is 2. The molecule has 1 saturated carbocycles. The molecule has 17 heavy (non-hydrogen) atoms. The fourth-order valence-corrected chi connectivity index (χ4v) is 3.58. The molecule has 1 aliphatic carbocycles. The first kappa shape index (κ1) is 13.3. The van der Waals surface area contributed by atoms with Crippen LogP contribution in [0.15, 0.2) is 0 Å². The molecule has 2 fully saturated rings. The van der Waals surface area contributed by atoms with Gasteiger partial charge in [0.2, 0.25) is 0 Å². The molecule has 1 heterocycles. The smallest absolute Gasteiger partial charge is 0.0748 e. The Bertz CT molecular complexity index is 238. The lowest BCUT2D eigenvalue weighted by Gasteiger charge is -2.51. The molecule has 2 N–H and O–H groups in total. The standard InChI is InChI=1S/C14H26O3/c1-2-12-4-7-14(16,8-5-12)13(10-15)6-3-9-17-11-13/h12,15-16H,2-11H2,1H3. The molecule has 2 rings (SSSR count). The molecule has 100 valence electrons. The summed E-state index contributed by atoms with van der Waals surface area (Å²) in [6.45, 7) is 3.58. The zero-order chi connectivity index (χ0) is 12.4. The van der Waals surface area contributed by atoms with E-state index in [1.165, 1.54) is 6.42 Å². The van der Waals surface area contributed by atoms with Gasteiger partial charge in [-0.3, -0.25) is 0 Å². The molecule has 3 nitrogen and oxygen atoms in total. The van der Waals surface area contributed by atoms with Gasteiger partial charge in [-0.2, -0.15) is 0 Å². The van der Waals surface area contributed by atoms with Crippen molar-refractivity contribution in [3.63, 3.8) is 0 Å². The molecule has 0 aromatic carbocycles. The molecule has 2 aliphatic rings. The molecule has 1 saturated heterocycles. The van der Waals surface area contributed by atoms with Crippen LogP contribution in [0.25, 0.3) is 0 Å². The summed E-state index contributed by atoms with van der Waals surface area (Å²) in [6.07, 6.45) is 6.91. The maximum atomic E-state index is 10.9. The summed E-state index contributed by atoms with van der Waals surface area (Å²) in [5.74, 6) is 0.760. The third-order valence-electron chi connectivity index (χ3n) is 5.12. The van der Waals surface area contributed by atoms with Crippen molar-refractivity contribution in [2.45, 2.75) is 57.5 Å². The van der Waals surface area contributed by atoms with Gasteiger partial charge in [0, 0.05) is 12.0 Å². The predicted octanol–water partition coefficient (Wildman–Crippen LogP) is 2.11. The van der Waals surface area contributed by atoms with Crippen molar-refractivity contribution >= 4 is 0 Å². The van der Waals surface area contributed by atoms with Gasteiger partial charge in [0.25, 0.3) is 0 Å². The summed E-state index contributed by atoms with van der Waals surface area (Å²) in [5, 5.41) is 20.7. The van der Waals surface area contributed by atoms with Gasteiger partial charge in [0.15, 0.2) is 0 Å². The Morgan fingerprint density at radius 2 is 1.94 bits per heavy atom. The second-order valence-corrected chi connectivity index (χ2v) is 5.98. The topological polar surface area (TPSA) is 49.7 Å². The van der Waals surface area contributed by atoms with E-state index in [2.05, 4.69) is 6.92 Å². The zero-order valence-electron chi connectivity index (χ0n) is 11.0. The van der Waals surface area contributed by atoms with Crippen molar-refractivity contribution < 1.29 is 14.9 Å². The first-order chi connectivity index (χ1) is 8.16. The molecular weight excluding hydrogens is 216 g/mol. The summed E-state index contributed by atoms with van der Waals surface area (Å²) in [4.78, 5) is 0. The molecule has 0 aromatic rings. The Morgan fingerprint density at radius 3 is 2.41 bits per heavy atom. The predicted molar refractivity (Wildman–Crippen MR) is 66.8 cm³/mol. The normalized spacial score (nSPS) is 43.6. The number of rotatable bonds is 3. The van der Waals surface area contributed by atoms with E-state index in [-0.39, 0.29) is 6.61 Å². The van der Waals surface area contributed by atoms with Crippen LogP contribution in [0.2, 0.25) is 0 Å². The Kier molecular flexibility index (Phi) is 4.11. The molecule has 0 bridgehead atoms. The fraction of sp³-hybridized carbons (Fsp3) is 1.00. The van der Waals surface area contributed by atoms with Crippen molar-refractivity contribution in [1.29, 1.82) is 0 Å². The Morgan fingerprint density at radius 1 is 1.24 bits per heavy atom. The minimum Gasteiger partial charge on any atom is -0.396 e. The quantitative estimate of drug-likeness (QED) is 0.797. The summed E-state index contributed by atoms with van der Waals surface area (Å²) in [5.41, 5.74) is -1.10. The van der Waals surface area contributed by atoms with Crippen LogP contribution in [0.5, 0.6) is 0 Å². The van der Waals surface area contributed by atoms with Crippen molar-refractivity contribution in [2.75, 3.05) is 19.8 Å². The van der Waals surface area contributed by atoms with E-state index in [0.717, 1.165) is 51.0 Å². The van der Waals surface area contributed by atoms with Gasteiger partial charge in [-0.15, -0.1) is 0 Å². The Hall–Kier alpha value is -0.120. The van der Waals surface area contributed by atoms with E-state index in [9.17, 15) is 10.2 Å². The SMILES string of the molecule is CCC1CCC(O)(C2(CO)CCCOC2)CC1. The lowest BCUT2D eigenvalue weighted by atomic mass is 9.61. The highest BCUT2D eigenvalue weighted by Crippen LogP contribution is 2.48. The van der Waals surface area contributed by atoms with Crippen molar-refractivity contribution in [2.24, 2.45) is 11.3 Å². The van der Waals surface area contributed by atoms with Gasteiger partial charge in [0.1, 0.15) is 0 Å². The minimum absolute atomic E-state index is 0.0558. The number of aliphatic hydroxyl groups is 2. The van der Waals surface area contributed by atoms with Crippen LogP contribution in [0, 0.1) is 11.3 Å². The van der Waals surface area contributed by atoms with E-state index in [4.69, 9.17) is 4.74 Å². The van der Waals surface area contributed by atoms with Gasteiger partial charge in [-0.25, -0.2) is 0 Å². The van der Waals surface area contributed by atoms with Crippen LogP contribution in [0.1, 0.15) is 51.9 Å². The fourth-order valence-electron chi connectivity index (χ4n) is 3.58. The molecule has 0 amide bonds. The third-order valence-corrected chi connectivity index (χ3v) is 5.12. The van der Waals surface area contributed by atoms with Gasteiger partial charge in [-0.1, -0.05) is 13.3 Å². The number of hydrogen-bond acceptors (Lipinski definition) is 3. The van der Waals surface area contributed by atoms with Gasteiger partial charge in [-0.05, 0) is 44.4 Å². The van der Waals surface area contributed by atoms with Gasteiger partial charge < -0.3 is 14.9 Å². The van der Waals surface area contributed by atoms with Crippen LogP contribution < -0.4 is 0 Å². The maximum Gasteiger partial charge on any atom is 0.0748 e. The van der Waals surface area contributed by atoms with Crippen LogP contribution in [0.4, 0.5) is 0 Å². The van der Waals surface area contributed by atoms with Crippen molar-refractivity contribution in [1.82, 2.24) is 0 Å². The van der Waals surface area contributed by atoms with E-state index in [1.54, 1.807) is 0 Å². The molecular formula is C14H26O3. The maximum absolute atomic E-state index is 10.9. The summed E-state index contributed by atoms with van der Waals surface area (Å²) < 4.78 is 5.53. The number of ether oxygens (including phenoxy) is 1. The van der Waals surface area contributed by atoms with Crippen molar-refractivity contribution in [3.05, 3.63) is 0 Å². The Labute approximate surface area is 104 Å². The molecule has 1 aliphatic heterocycles. The Balaban J connectivity index is 2.08. The third kappa shape index (κ3) is 2.38. The average Bonchev–Trinajstić information content (AvgIpc) is 2.40. The highest BCUT2D eigenvalue weighted by Gasteiger charge is 2.51. The molecule has 1 unspecified atom stereocenters. The van der Waals surface area contributed by atoms with E-state index in [1.807, 2.05) is 0 Å². The minimum atomic E-state index is -0.701. The molecule has 3 heteroatoms. The lowest BCUT2D eigenvalue weighted by molar-refractivity contribution is -0.184. The van der Waals surface area contributed by atoms with Gasteiger partial charge in [0.05, 0.1) is 18.8 Å². The largest absolute Gasteiger partial charge is 0.396 e. The monoisotopic (exact) mass is 242 g/mol. The van der Waals surface area contributed by atoms with Crippen molar-refractivity contribution in [3.8, 4) is 0 Å². The second-order valence-electron chi connectivity index (χ2n) is 5.98. The summed E-state index contributed by atoms with van der Waals surface area (Å²) in [6, 6.07) is 0. The molecule has 0 aromatic heterocycles. The van der Waals surface area contributed by atoms with Crippen LogP contribution >= 0.6 is 0 Å². The zero-order valence-corrected chi connectivity index (χ0v) is 11.0. The van der Waals surface area contributed by atoms with E-state index < -0.39 is 11.0 Å². The van der Waals surface area contributed by atoms with Crippen LogP contribution in [0.3, 0.4) is 0 Å². The highest BCUT2D eigenvalue weighted by atomic mass is 16.5. The summed E-state index contributed by atoms with van der Waals surface area (Å²) >= 11 is 0. The van der Waals surface area contributed by atoms with Gasteiger partial charge >= 0.3 is 0 Å². The van der Waals surface area contributed by atoms with Crippen LogP contribution in [-0.4, -0.2) is 35.6 Å². The lowest BCUT2D eigenvalue weighted by Crippen LogP contribution is -2.56. The first-order valence-electron chi connectivity index (χ1n) is 7.07. The van der Waals surface area contributed by atoms with E-state index in [0.29, 0.717) is 6.61 Å².